The lowest BCUT2D eigenvalue weighted by atomic mass is 10.1. The number of benzene rings is 1. The van der Waals surface area contributed by atoms with Crippen LogP contribution in [0.25, 0.3) is 0 Å². The molecule has 0 saturated carbocycles. The van der Waals surface area contributed by atoms with E-state index in [0.29, 0.717) is 72.2 Å². The van der Waals surface area contributed by atoms with E-state index in [1.54, 1.807) is 0 Å². The highest BCUT2D eigenvalue weighted by atomic mass is 16.6. The molecule has 2 rings (SSSR count). The zero-order chi connectivity index (χ0) is 19.5. The molecular weight excluding hydrogens is 362 g/mol. The predicted octanol–water partition coefficient (Wildman–Crippen LogP) is 1.90. The van der Waals surface area contributed by atoms with Crippen LogP contribution in [0.1, 0.15) is 12.8 Å². The van der Waals surface area contributed by atoms with Gasteiger partial charge in [0.25, 0.3) is 0 Å². The Kier molecular flexibility index (Phi) is 13.8. The maximum Gasteiger partial charge on any atom is 0.119 e. The van der Waals surface area contributed by atoms with Crippen LogP contribution in [0.5, 0.6) is 5.75 Å². The van der Waals surface area contributed by atoms with Crippen molar-refractivity contribution in [1.29, 1.82) is 0 Å². The molecule has 7 heteroatoms. The van der Waals surface area contributed by atoms with Gasteiger partial charge in [0.1, 0.15) is 12.4 Å². The Morgan fingerprint density at radius 3 is 1.71 bits per heavy atom. The van der Waals surface area contributed by atoms with Gasteiger partial charge in [0.05, 0.1) is 65.6 Å². The van der Waals surface area contributed by atoms with E-state index in [9.17, 15) is 0 Å². The van der Waals surface area contributed by atoms with E-state index in [4.69, 9.17) is 28.4 Å². The van der Waals surface area contributed by atoms with E-state index in [2.05, 4.69) is 5.32 Å². The second kappa shape index (κ2) is 16.7. The van der Waals surface area contributed by atoms with Gasteiger partial charge in [-0.25, -0.2) is 0 Å². The van der Waals surface area contributed by atoms with Gasteiger partial charge in [-0.1, -0.05) is 18.2 Å². The fraction of sp³-hybridized carbons (Fsp3) is 0.714. The van der Waals surface area contributed by atoms with Crippen molar-refractivity contribution in [2.75, 3.05) is 79.2 Å². The third-order valence-electron chi connectivity index (χ3n) is 4.22. The number of hydrogen-bond acceptors (Lipinski definition) is 7. The van der Waals surface area contributed by atoms with Crippen LogP contribution in [-0.4, -0.2) is 85.3 Å². The molecular formula is C21H35NO6. The van der Waals surface area contributed by atoms with Gasteiger partial charge in [-0.05, 0) is 38.1 Å². The Balaban J connectivity index is 1.23. The Hall–Kier alpha value is -1.22. The minimum absolute atomic E-state index is 0.388. The standard InChI is InChI=1S/C21H35NO6/c1-2-4-20(5-3-1)27-18-16-25-14-12-23-10-11-24-13-15-26-17-19-28-21-6-8-22-9-7-21/h1-5,21-22H,6-19H2. The van der Waals surface area contributed by atoms with Crippen molar-refractivity contribution in [3.05, 3.63) is 30.3 Å². The van der Waals surface area contributed by atoms with Crippen LogP contribution in [0.3, 0.4) is 0 Å². The van der Waals surface area contributed by atoms with E-state index in [-0.39, 0.29) is 0 Å². The van der Waals surface area contributed by atoms with Gasteiger partial charge < -0.3 is 33.7 Å². The molecule has 1 heterocycles. The van der Waals surface area contributed by atoms with Crippen LogP contribution in [0.2, 0.25) is 0 Å². The number of ether oxygens (including phenoxy) is 6. The molecule has 28 heavy (non-hydrogen) atoms. The fourth-order valence-corrected chi connectivity index (χ4v) is 2.73. The molecule has 0 radical (unpaired) electrons. The van der Waals surface area contributed by atoms with Gasteiger partial charge in [-0.15, -0.1) is 0 Å². The third-order valence-corrected chi connectivity index (χ3v) is 4.22. The van der Waals surface area contributed by atoms with Gasteiger partial charge >= 0.3 is 0 Å². The summed E-state index contributed by atoms with van der Waals surface area (Å²) >= 11 is 0. The SMILES string of the molecule is c1ccc(OCCOCCOCCOCCOCCOC2CCNCC2)cc1. The summed E-state index contributed by atoms with van der Waals surface area (Å²) in [5, 5.41) is 3.32. The summed E-state index contributed by atoms with van der Waals surface area (Å²) in [7, 11) is 0. The molecule has 0 bridgehead atoms. The lowest BCUT2D eigenvalue weighted by Crippen LogP contribution is -2.33. The molecule has 0 atom stereocenters. The molecule has 1 aromatic carbocycles. The number of piperidine rings is 1. The summed E-state index contributed by atoms with van der Waals surface area (Å²) in [4.78, 5) is 0. The second-order valence-electron chi connectivity index (χ2n) is 6.43. The first-order valence-corrected chi connectivity index (χ1v) is 10.3. The van der Waals surface area contributed by atoms with Crippen LogP contribution in [0.4, 0.5) is 0 Å². The second-order valence-corrected chi connectivity index (χ2v) is 6.43. The zero-order valence-electron chi connectivity index (χ0n) is 16.8. The third kappa shape index (κ3) is 12.3. The average molecular weight is 398 g/mol. The van der Waals surface area contributed by atoms with E-state index in [0.717, 1.165) is 31.7 Å². The van der Waals surface area contributed by atoms with Crippen LogP contribution in [-0.2, 0) is 23.7 Å². The molecule has 0 aliphatic carbocycles. The highest BCUT2D eigenvalue weighted by Crippen LogP contribution is 2.07. The number of hydrogen-bond donors (Lipinski definition) is 1. The summed E-state index contributed by atoms with van der Waals surface area (Å²) in [6.45, 7) is 7.85. The van der Waals surface area contributed by atoms with Crippen molar-refractivity contribution in [2.24, 2.45) is 0 Å². The molecule has 1 saturated heterocycles. The smallest absolute Gasteiger partial charge is 0.119 e. The molecule has 160 valence electrons. The van der Waals surface area contributed by atoms with Gasteiger partial charge in [0.15, 0.2) is 0 Å². The minimum Gasteiger partial charge on any atom is -0.491 e. The molecule has 1 aliphatic rings. The summed E-state index contributed by atoms with van der Waals surface area (Å²) in [6, 6.07) is 9.71. The van der Waals surface area contributed by atoms with Crippen LogP contribution in [0, 0.1) is 0 Å². The Labute approximate surface area is 168 Å². The molecule has 0 unspecified atom stereocenters. The molecule has 1 N–H and O–H groups in total. The highest BCUT2D eigenvalue weighted by Gasteiger charge is 2.12. The van der Waals surface area contributed by atoms with E-state index < -0.39 is 0 Å². The zero-order valence-corrected chi connectivity index (χ0v) is 16.8. The molecule has 1 aliphatic heterocycles. The van der Waals surface area contributed by atoms with Crippen LogP contribution < -0.4 is 10.1 Å². The van der Waals surface area contributed by atoms with E-state index in [1.807, 2.05) is 30.3 Å². The van der Waals surface area contributed by atoms with Crippen molar-refractivity contribution in [2.45, 2.75) is 18.9 Å². The van der Waals surface area contributed by atoms with Crippen molar-refractivity contribution in [1.82, 2.24) is 5.32 Å². The highest BCUT2D eigenvalue weighted by molar-refractivity contribution is 5.20. The molecule has 0 spiro atoms. The van der Waals surface area contributed by atoms with Crippen molar-refractivity contribution in [3.8, 4) is 5.75 Å². The maximum absolute atomic E-state index is 5.77. The molecule has 1 aromatic rings. The van der Waals surface area contributed by atoms with Gasteiger partial charge in [-0.3, -0.25) is 0 Å². The first kappa shape index (κ1) is 23.1. The summed E-state index contributed by atoms with van der Waals surface area (Å²) in [5.41, 5.74) is 0. The quantitative estimate of drug-likeness (QED) is 0.403. The average Bonchev–Trinajstić information content (AvgIpc) is 2.75. The topological polar surface area (TPSA) is 67.4 Å². The largest absolute Gasteiger partial charge is 0.491 e. The van der Waals surface area contributed by atoms with E-state index in [1.165, 1.54) is 0 Å². The lowest BCUT2D eigenvalue weighted by molar-refractivity contribution is -0.0284. The number of rotatable bonds is 17. The van der Waals surface area contributed by atoms with Gasteiger partial charge in [0.2, 0.25) is 0 Å². The molecule has 1 fully saturated rings. The summed E-state index contributed by atoms with van der Waals surface area (Å²) < 4.78 is 33.2. The maximum atomic E-state index is 5.77. The minimum atomic E-state index is 0.388. The Morgan fingerprint density at radius 1 is 0.643 bits per heavy atom. The summed E-state index contributed by atoms with van der Waals surface area (Å²) in [6.07, 6.45) is 2.57. The van der Waals surface area contributed by atoms with Crippen LogP contribution >= 0.6 is 0 Å². The Bertz CT molecular complexity index is 455. The van der Waals surface area contributed by atoms with Gasteiger partial charge in [-0.2, -0.15) is 0 Å². The van der Waals surface area contributed by atoms with Crippen molar-refractivity contribution >= 4 is 0 Å². The normalized spacial score (nSPS) is 15.0. The Morgan fingerprint density at radius 2 is 1.14 bits per heavy atom. The monoisotopic (exact) mass is 397 g/mol. The van der Waals surface area contributed by atoms with Crippen LogP contribution in [0.15, 0.2) is 30.3 Å². The number of para-hydroxylation sites is 1. The van der Waals surface area contributed by atoms with Crippen molar-refractivity contribution in [3.63, 3.8) is 0 Å². The first-order chi connectivity index (χ1) is 13.9. The molecule has 7 nitrogen and oxygen atoms in total. The lowest BCUT2D eigenvalue weighted by Gasteiger charge is -2.22. The molecule has 0 amide bonds. The fourth-order valence-electron chi connectivity index (χ4n) is 2.73. The van der Waals surface area contributed by atoms with Crippen molar-refractivity contribution < 1.29 is 28.4 Å². The molecule has 0 aromatic heterocycles. The van der Waals surface area contributed by atoms with E-state index >= 15 is 0 Å². The van der Waals surface area contributed by atoms with Gasteiger partial charge in [0, 0.05) is 0 Å². The first-order valence-electron chi connectivity index (χ1n) is 10.3. The predicted molar refractivity (Wildman–Crippen MR) is 107 cm³/mol. The number of nitrogens with one attached hydrogen (secondary N) is 1. The summed E-state index contributed by atoms with van der Waals surface area (Å²) in [5.74, 6) is 0.859.